The topological polar surface area (TPSA) is 54.4 Å². The van der Waals surface area contributed by atoms with Gasteiger partial charge in [0.05, 0.1) is 31.5 Å². The van der Waals surface area contributed by atoms with Crippen LogP contribution in [-0.2, 0) is 14.3 Å². The first-order chi connectivity index (χ1) is 16.7. The molecule has 3 aliphatic heterocycles. The number of benzene rings is 3. The minimum atomic E-state index is -0.429. The molecule has 6 heteroatoms. The van der Waals surface area contributed by atoms with E-state index < -0.39 is 5.79 Å². The molecule has 174 valence electrons. The average Bonchev–Trinajstić information content (AvgIpc) is 3.54. The van der Waals surface area contributed by atoms with Crippen molar-refractivity contribution < 1.29 is 14.3 Å². The lowest BCUT2D eigenvalue weighted by molar-refractivity contribution is -0.186. The van der Waals surface area contributed by atoms with Gasteiger partial charge >= 0.3 is 0 Å². The van der Waals surface area contributed by atoms with Crippen LogP contribution < -0.4 is 0 Å². The molecule has 6 nitrogen and oxygen atoms in total. The van der Waals surface area contributed by atoms with Crippen molar-refractivity contribution in [3.05, 3.63) is 83.9 Å². The lowest BCUT2D eigenvalue weighted by Gasteiger charge is -2.37. The third-order valence-electron chi connectivity index (χ3n) is 7.22. The van der Waals surface area contributed by atoms with E-state index >= 15 is 0 Å². The van der Waals surface area contributed by atoms with Crippen LogP contribution in [0.4, 0.5) is 0 Å². The summed E-state index contributed by atoms with van der Waals surface area (Å²) in [6, 6.07) is 24.9. The third kappa shape index (κ3) is 4.13. The van der Waals surface area contributed by atoms with Gasteiger partial charge in [0.1, 0.15) is 0 Å². The lowest BCUT2D eigenvalue weighted by atomic mass is 9.97. The summed E-state index contributed by atoms with van der Waals surface area (Å²) in [5, 5.41) is 8.99. The van der Waals surface area contributed by atoms with Gasteiger partial charge in [-0.1, -0.05) is 66.7 Å². The second-order valence-electron chi connectivity index (χ2n) is 9.36. The molecule has 1 amide bonds. The number of hydrazone groups is 1. The fourth-order valence-corrected chi connectivity index (χ4v) is 5.32. The zero-order chi connectivity index (χ0) is 23.0. The van der Waals surface area contributed by atoms with E-state index in [1.165, 1.54) is 10.8 Å². The highest BCUT2D eigenvalue weighted by molar-refractivity contribution is 6.05. The number of nitrogens with zero attached hydrogens (tertiary/aromatic N) is 3. The average molecular weight is 456 g/mol. The molecule has 34 heavy (non-hydrogen) atoms. The van der Waals surface area contributed by atoms with E-state index in [4.69, 9.17) is 14.6 Å². The SMILES string of the molecule is O=C(CN1CCC2(CC1)OCCO2)N1N=C(c2ccc3ccccc3c2)CC1c1ccccc1. The van der Waals surface area contributed by atoms with E-state index in [2.05, 4.69) is 53.4 Å². The van der Waals surface area contributed by atoms with Crippen LogP contribution in [0, 0.1) is 0 Å². The van der Waals surface area contributed by atoms with Crippen molar-refractivity contribution in [1.29, 1.82) is 0 Å². The molecule has 1 spiro atoms. The molecular formula is C28H29N3O3. The Labute approximate surface area is 199 Å². The van der Waals surface area contributed by atoms with Crippen molar-refractivity contribution in [2.24, 2.45) is 5.10 Å². The van der Waals surface area contributed by atoms with Crippen LogP contribution in [0.5, 0.6) is 0 Å². The monoisotopic (exact) mass is 455 g/mol. The standard InChI is InChI=1S/C28H29N3O3/c32-27(20-30-14-12-28(13-15-30)33-16-17-34-28)31-26(22-7-2-1-3-8-22)19-25(29-31)24-11-10-21-6-4-5-9-23(21)18-24/h1-11,18,26H,12-17,19-20H2. The lowest BCUT2D eigenvalue weighted by Crippen LogP contribution is -2.48. The molecule has 3 aromatic carbocycles. The molecule has 3 aliphatic rings. The molecule has 1 atom stereocenters. The maximum atomic E-state index is 13.5. The van der Waals surface area contributed by atoms with Gasteiger partial charge in [0.25, 0.3) is 5.91 Å². The van der Waals surface area contributed by atoms with Crippen molar-refractivity contribution in [3.8, 4) is 0 Å². The minimum Gasteiger partial charge on any atom is -0.347 e. The Kier molecular flexibility index (Phi) is 5.65. The summed E-state index contributed by atoms with van der Waals surface area (Å²) in [7, 11) is 0. The van der Waals surface area contributed by atoms with Crippen molar-refractivity contribution >= 4 is 22.4 Å². The second kappa shape index (κ2) is 8.95. The quantitative estimate of drug-likeness (QED) is 0.587. The highest BCUT2D eigenvalue weighted by atomic mass is 16.7. The van der Waals surface area contributed by atoms with Crippen LogP contribution in [-0.4, -0.2) is 60.2 Å². The molecule has 0 N–H and O–H groups in total. The normalized spacial score (nSPS) is 22.4. The Balaban J connectivity index is 1.23. The number of hydrogen-bond donors (Lipinski definition) is 0. The number of carbonyl (C=O) groups excluding carboxylic acids is 1. The molecule has 0 bridgehead atoms. The van der Waals surface area contributed by atoms with Gasteiger partial charge in [-0.2, -0.15) is 5.10 Å². The Bertz CT molecular complexity index is 1210. The van der Waals surface area contributed by atoms with Gasteiger partial charge < -0.3 is 9.47 Å². The maximum Gasteiger partial charge on any atom is 0.257 e. The van der Waals surface area contributed by atoms with E-state index in [0.29, 0.717) is 26.2 Å². The predicted octanol–water partition coefficient (Wildman–Crippen LogP) is 4.36. The molecule has 2 saturated heterocycles. The van der Waals surface area contributed by atoms with Gasteiger partial charge in [0.15, 0.2) is 5.79 Å². The van der Waals surface area contributed by atoms with Gasteiger partial charge in [-0.05, 0) is 28.0 Å². The van der Waals surface area contributed by atoms with Gasteiger partial charge in [-0.15, -0.1) is 0 Å². The van der Waals surface area contributed by atoms with Crippen LogP contribution in [0.3, 0.4) is 0 Å². The number of likely N-dealkylation sites (tertiary alicyclic amines) is 1. The van der Waals surface area contributed by atoms with Gasteiger partial charge in [-0.25, -0.2) is 5.01 Å². The number of carbonyl (C=O) groups is 1. The third-order valence-corrected chi connectivity index (χ3v) is 7.22. The molecule has 0 aliphatic carbocycles. The Hall–Kier alpha value is -3.06. The molecule has 6 rings (SSSR count). The van der Waals surface area contributed by atoms with E-state index in [0.717, 1.165) is 42.8 Å². The van der Waals surface area contributed by atoms with Crippen LogP contribution in [0.25, 0.3) is 10.8 Å². The van der Waals surface area contributed by atoms with Gasteiger partial charge in [0, 0.05) is 32.4 Å². The Morgan fingerprint density at radius 1 is 0.912 bits per heavy atom. The zero-order valence-electron chi connectivity index (χ0n) is 19.2. The fourth-order valence-electron chi connectivity index (χ4n) is 5.32. The summed E-state index contributed by atoms with van der Waals surface area (Å²) >= 11 is 0. The Morgan fingerprint density at radius 2 is 1.62 bits per heavy atom. The molecule has 0 radical (unpaired) electrons. The van der Waals surface area contributed by atoms with Crippen molar-refractivity contribution in [1.82, 2.24) is 9.91 Å². The van der Waals surface area contributed by atoms with E-state index in [1.54, 1.807) is 5.01 Å². The number of piperidine rings is 1. The van der Waals surface area contributed by atoms with Gasteiger partial charge in [0.2, 0.25) is 0 Å². The fraction of sp³-hybridized carbons (Fsp3) is 0.357. The Morgan fingerprint density at radius 3 is 2.38 bits per heavy atom. The summed E-state index contributed by atoms with van der Waals surface area (Å²) < 4.78 is 11.7. The zero-order valence-corrected chi connectivity index (χ0v) is 19.2. The van der Waals surface area contributed by atoms with E-state index in [-0.39, 0.29) is 11.9 Å². The van der Waals surface area contributed by atoms with Gasteiger partial charge in [-0.3, -0.25) is 9.69 Å². The summed E-state index contributed by atoms with van der Waals surface area (Å²) in [6.45, 7) is 3.26. The molecule has 2 fully saturated rings. The van der Waals surface area contributed by atoms with Crippen LogP contribution in [0.15, 0.2) is 77.9 Å². The highest BCUT2D eigenvalue weighted by Gasteiger charge is 2.41. The number of fused-ring (bicyclic) bond motifs is 1. The minimum absolute atomic E-state index is 0.0360. The number of amides is 1. The smallest absolute Gasteiger partial charge is 0.257 e. The summed E-state index contributed by atoms with van der Waals surface area (Å²) in [6.07, 6.45) is 2.31. The van der Waals surface area contributed by atoms with Crippen LogP contribution >= 0.6 is 0 Å². The first-order valence-electron chi connectivity index (χ1n) is 12.1. The summed E-state index contributed by atoms with van der Waals surface area (Å²) in [5.74, 6) is -0.393. The molecule has 0 aromatic heterocycles. The maximum absolute atomic E-state index is 13.5. The first-order valence-corrected chi connectivity index (χ1v) is 12.1. The van der Waals surface area contributed by atoms with Crippen molar-refractivity contribution in [2.45, 2.75) is 31.1 Å². The molecule has 3 aromatic rings. The van der Waals surface area contributed by atoms with Crippen molar-refractivity contribution in [3.63, 3.8) is 0 Å². The molecule has 1 unspecified atom stereocenters. The largest absolute Gasteiger partial charge is 0.347 e. The summed E-state index contributed by atoms with van der Waals surface area (Å²) in [4.78, 5) is 15.7. The number of hydrogen-bond acceptors (Lipinski definition) is 5. The molecule has 0 saturated carbocycles. The highest BCUT2D eigenvalue weighted by Crippen LogP contribution is 2.35. The second-order valence-corrected chi connectivity index (χ2v) is 9.36. The summed E-state index contributed by atoms with van der Waals surface area (Å²) in [5.41, 5.74) is 3.14. The van der Waals surface area contributed by atoms with Crippen LogP contribution in [0.1, 0.15) is 36.4 Å². The predicted molar refractivity (Wildman–Crippen MR) is 131 cm³/mol. The molecule has 3 heterocycles. The molecular weight excluding hydrogens is 426 g/mol. The van der Waals surface area contributed by atoms with E-state index in [9.17, 15) is 4.79 Å². The van der Waals surface area contributed by atoms with Crippen LogP contribution in [0.2, 0.25) is 0 Å². The number of ether oxygens (including phenoxy) is 2. The van der Waals surface area contributed by atoms with E-state index in [1.807, 2.05) is 24.3 Å². The van der Waals surface area contributed by atoms with Crippen molar-refractivity contribution in [2.75, 3.05) is 32.8 Å². The number of rotatable bonds is 4. The first kappa shape index (κ1) is 21.5.